The van der Waals surface area contributed by atoms with Gasteiger partial charge in [0.05, 0.1) is 5.56 Å². The van der Waals surface area contributed by atoms with Gasteiger partial charge in [-0.05, 0) is 42.5 Å². The van der Waals surface area contributed by atoms with Crippen LogP contribution in [0.1, 0.15) is 21.7 Å². The first-order chi connectivity index (χ1) is 9.15. The third-order valence-electron chi connectivity index (χ3n) is 3.39. The molecule has 0 unspecified atom stereocenters. The lowest BCUT2D eigenvalue weighted by atomic mass is 10.1. The molecule has 0 saturated carbocycles. The van der Waals surface area contributed by atoms with E-state index in [-0.39, 0.29) is 0 Å². The van der Waals surface area contributed by atoms with Crippen LogP contribution in [-0.4, -0.2) is 16.5 Å². The van der Waals surface area contributed by atoms with Gasteiger partial charge in [0.15, 0.2) is 0 Å². The summed E-state index contributed by atoms with van der Waals surface area (Å²) in [5, 5.41) is 2.16. The van der Waals surface area contributed by atoms with Crippen LogP contribution in [-0.2, 0) is 13.0 Å². The Balaban J connectivity index is 1.99. The summed E-state index contributed by atoms with van der Waals surface area (Å²) in [6.07, 6.45) is 1.07. The first-order valence-electron chi connectivity index (χ1n) is 6.23. The van der Waals surface area contributed by atoms with E-state index in [4.69, 9.17) is 18.0 Å². The molecule has 0 bridgehead atoms. The molecule has 0 atom stereocenters. The van der Waals surface area contributed by atoms with E-state index in [1.54, 1.807) is 0 Å². The van der Waals surface area contributed by atoms with Crippen LogP contribution in [0.25, 0.3) is 0 Å². The summed E-state index contributed by atoms with van der Waals surface area (Å²) in [6.45, 7) is 3.86. The Morgan fingerprint density at radius 2 is 2.26 bits per heavy atom. The average Bonchev–Trinajstić information content (AvgIpc) is 2.85. The number of rotatable bonds is 2. The van der Waals surface area contributed by atoms with Gasteiger partial charge >= 0.3 is 0 Å². The van der Waals surface area contributed by atoms with Crippen LogP contribution in [0, 0.1) is 6.92 Å². The number of fused-ring (bicyclic) bond motifs is 1. The number of nitrogens with zero attached hydrogens (tertiary/aromatic N) is 2. The molecule has 19 heavy (non-hydrogen) atoms. The van der Waals surface area contributed by atoms with Gasteiger partial charge in [-0.25, -0.2) is 4.98 Å². The smallest absolute Gasteiger partial charge is 0.139 e. The molecule has 0 spiro atoms. The van der Waals surface area contributed by atoms with Crippen LogP contribution in [0.3, 0.4) is 0 Å². The Morgan fingerprint density at radius 1 is 1.42 bits per heavy atom. The highest BCUT2D eigenvalue weighted by Crippen LogP contribution is 2.28. The zero-order chi connectivity index (χ0) is 13.4. The van der Waals surface area contributed by atoms with Crippen molar-refractivity contribution in [3.63, 3.8) is 0 Å². The van der Waals surface area contributed by atoms with E-state index in [1.165, 1.54) is 10.4 Å². The van der Waals surface area contributed by atoms with Crippen molar-refractivity contribution in [3.8, 4) is 0 Å². The van der Waals surface area contributed by atoms with E-state index in [1.807, 2.05) is 30.4 Å². The Labute approximate surface area is 122 Å². The number of thiophene rings is 1. The molecule has 5 heteroatoms. The van der Waals surface area contributed by atoms with Gasteiger partial charge in [0.1, 0.15) is 10.8 Å². The van der Waals surface area contributed by atoms with Gasteiger partial charge < -0.3 is 10.6 Å². The highest BCUT2D eigenvalue weighted by molar-refractivity contribution is 7.80. The molecular formula is C14H15N3S2. The first-order valence-corrected chi connectivity index (χ1v) is 7.51. The largest absolute Gasteiger partial charge is 0.389 e. The summed E-state index contributed by atoms with van der Waals surface area (Å²) in [4.78, 5) is 8.81. The summed E-state index contributed by atoms with van der Waals surface area (Å²) in [7, 11) is 0. The van der Waals surface area contributed by atoms with Crippen LogP contribution in [0.4, 0.5) is 5.82 Å². The first kappa shape index (κ1) is 12.6. The lowest BCUT2D eigenvalue weighted by molar-refractivity contribution is 0.730. The number of hydrogen-bond acceptors (Lipinski definition) is 4. The molecule has 2 aromatic heterocycles. The molecule has 1 aliphatic rings. The molecule has 0 amide bonds. The van der Waals surface area contributed by atoms with Crippen LogP contribution >= 0.6 is 23.6 Å². The van der Waals surface area contributed by atoms with E-state index in [2.05, 4.69) is 21.3 Å². The van der Waals surface area contributed by atoms with Crippen molar-refractivity contribution < 1.29 is 0 Å². The molecule has 1 aliphatic heterocycles. The number of aryl methyl sites for hydroxylation is 1. The van der Waals surface area contributed by atoms with Crippen molar-refractivity contribution in [1.82, 2.24) is 4.98 Å². The average molecular weight is 289 g/mol. The fraction of sp³-hybridized carbons (Fsp3) is 0.286. The molecule has 3 heterocycles. The SMILES string of the molecule is Cc1ccc(C(N)=S)c(N2CCc3sccc3C2)n1. The third-order valence-corrected chi connectivity index (χ3v) is 4.63. The number of aromatic nitrogens is 1. The number of hydrogen-bond donors (Lipinski definition) is 1. The molecule has 98 valence electrons. The van der Waals surface area contributed by atoms with Gasteiger partial charge in [-0.2, -0.15) is 0 Å². The van der Waals surface area contributed by atoms with Gasteiger partial charge in [-0.1, -0.05) is 12.2 Å². The van der Waals surface area contributed by atoms with Crippen molar-refractivity contribution in [2.45, 2.75) is 19.9 Å². The van der Waals surface area contributed by atoms with Crippen LogP contribution in [0.2, 0.25) is 0 Å². The Morgan fingerprint density at radius 3 is 3.05 bits per heavy atom. The lowest BCUT2D eigenvalue weighted by Gasteiger charge is -2.29. The minimum absolute atomic E-state index is 0.415. The van der Waals surface area contributed by atoms with E-state index in [9.17, 15) is 0 Å². The molecule has 2 aromatic rings. The fourth-order valence-electron chi connectivity index (χ4n) is 2.41. The van der Waals surface area contributed by atoms with Crippen LogP contribution in [0.15, 0.2) is 23.6 Å². The van der Waals surface area contributed by atoms with Gasteiger partial charge in [-0.15, -0.1) is 11.3 Å². The number of anilines is 1. The second kappa shape index (κ2) is 4.90. The van der Waals surface area contributed by atoms with Crippen molar-refractivity contribution in [1.29, 1.82) is 0 Å². The van der Waals surface area contributed by atoms with Crippen molar-refractivity contribution in [3.05, 3.63) is 45.3 Å². The lowest BCUT2D eigenvalue weighted by Crippen LogP contribution is -2.32. The standard InChI is InChI=1S/C14H15N3S2/c1-9-2-3-11(13(15)18)14(16-9)17-6-4-12-10(8-17)5-7-19-12/h2-3,5,7H,4,6,8H2,1H3,(H2,15,18). The summed E-state index contributed by atoms with van der Waals surface area (Å²) in [6, 6.07) is 6.13. The van der Waals surface area contributed by atoms with Crippen molar-refractivity contribution in [2.75, 3.05) is 11.4 Å². The van der Waals surface area contributed by atoms with E-state index >= 15 is 0 Å². The topological polar surface area (TPSA) is 42.1 Å². The molecule has 0 fully saturated rings. The minimum Gasteiger partial charge on any atom is -0.389 e. The number of thiocarbonyl (C=S) groups is 1. The highest BCUT2D eigenvalue weighted by Gasteiger charge is 2.21. The molecule has 3 rings (SSSR count). The Hall–Kier alpha value is -1.46. The molecule has 0 radical (unpaired) electrons. The maximum absolute atomic E-state index is 5.81. The Kier molecular flexibility index (Phi) is 3.24. The predicted octanol–water partition coefficient (Wildman–Crippen LogP) is 2.65. The molecule has 0 aliphatic carbocycles. The number of pyridine rings is 1. The zero-order valence-electron chi connectivity index (χ0n) is 10.7. The fourth-order valence-corrected chi connectivity index (χ4v) is 3.45. The zero-order valence-corrected chi connectivity index (χ0v) is 12.4. The second-order valence-electron chi connectivity index (χ2n) is 4.73. The molecular weight excluding hydrogens is 274 g/mol. The van der Waals surface area contributed by atoms with Gasteiger partial charge in [0, 0.05) is 23.7 Å². The normalized spacial score (nSPS) is 14.3. The van der Waals surface area contributed by atoms with Crippen molar-refractivity contribution in [2.24, 2.45) is 5.73 Å². The maximum Gasteiger partial charge on any atom is 0.139 e. The van der Waals surface area contributed by atoms with E-state index < -0.39 is 0 Å². The summed E-state index contributed by atoms with van der Waals surface area (Å²) >= 11 is 6.98. The molecule has 0 aromatic carbocycles. The summed E-state index contributed by atoms with van der Waals surface area (Å²) < 4.78 is 0. The quantitative estimate of drug-likeness (QED) is 0.863. The van der Waals surface area contributed by atoms with Crippen LogP contribution < -0.4 is 10.6 Å². The maximum atomic E-state index is 5.81. The molecule has 3 nitrogen and oxygen atoms in total. The van der Waals surface area contributed by atoms with Gasteiger partial charge in [0.25, 0.3) is 0 Å². The summed E-state index contributed by atoms with van der Waals surface area (Å²) in [5.74, 6) is 0.921. The summed E-state index contributed by atoms with van der Waals surface area (Å²) in [5.41, 5.74) is 9.08. The van der Waals surface area contributed by atoms with E-state index in [0.717, 1.165) is 36.6 Å². The highest BCUT2D eigenvalue weighted by atomic mass is 32.1. The predicted molar refractivity (Wildman–Crippen MR) is 83.9 cm³/mol. The minimum atomic E-state index is 0.415. The van der Waals surface area contributed by atoms with E-state index in [0.29, 0.717) is 4.99 Å². The Bertz CT molecular complexity index is 633. The van der Waals surface area contributed by atoms with Crippen LogP contribution in [0.5, 0.6) is 0 Å². The molecule has 0 saturated heterocycles. The number of nitrogens with two attached hydrogens (primary N) is 1. The third kappa shape index (κ3) is 2.35. The van der Waals surface area contributed by atoms with Gasteiger partial charge in [-0.3, -0.25) is 0 Å². The second-order valence-corrected chi connectivity index (χ2v) is 6.17. The monoisotopic (exact) mass is 289 g/mol. The van der Waals surface area contributed by atoms with Gasteiger partial charge in [0.2, 0.25) is 0 Å². The van der Waals surface area contributed by atoms with Crippen molar-refractivity contribution >= 4 is 34.4 Å². The molecule has 2 N–H and O–H groups in total.